The molecule has 2 rings (SSSR count). The van der Waals surface area contributed by atoms with Gasteiger partial charge in [-0.15, -0.1) is 0 Å². The van der Waals surface area contributed by atoms with Gasteiger partial charge < -0.3 is 21.9 Å². The maximum Gasteiger partial charge on any atom is 0.320 e. The molecular formula is C6H6N8O6. The molecule has 2 aromatic rings. The third kappa shape index (κ3) is 2.07. The zero-order chi connectivity index (χ0) is 14.9. The Morgan fingerprint density at radius 3 is 1.55 bits per heavy atom. The van der Waals surface area contributed by atoms with Crippen LogP contribution in [-0.2, 0) is 0 Å². The van der Waals surface area contributed by atoms with E-state index >= 15 is 0 Å². The van der Waals surface area contributed by atoms with Crippen molar-refractivity contribution in [2.24, 2.45) is 0 Å². The number of aromatic nitrogens is 4. The van der Waals surface area contributed by atoms with Crippen LogP contribution >= 0.6 is 0 Å². The summed E-state index contributed by atoms with van der Waals surface area (Å²) in [6.07, 6.45) is 0. The van der Waals surface area contributed by atoms with Gasteiger partial charge in [-0.3, -0.25) is 29.7 Å². The zero-order valence-electron chi connectivity index (χ0n) is 9.39. The average Bonchev–Trinajstić information content (AvgIpc) is 2.89. The van der Waals surface area contributed by atoms with Crippen molar-refractivity contribution >= 4 is 23.5 Å². The maximum absolute atomic E-state index is 11.5. The monoisotopic (exact) mass is 286 g/mol. The average molecular weight is 286 g/mol. The Labute approximate surface area is 107 Å². The fourth-order valence-corrected chi connectivity index (χ4v) is 1.15. The van der Waals surface area contributed by atoms with Crippen LogP contribution in [0.5, 0.6) is 0 Å². The van der Waals surface area contributed by atoms with E-state index in [1.165, 1.54) is 0 Å². The zero-order valence-corrected chi connectivity index (χ0v) is 9.39. The highest BCUT2D eigenvalue weighted by Gasteiger charge is 2.28. The molecule has 0 radical (unpaired) electrons. The molecule has 0 aromatic carbocycles. The lowest BCUT2D eigenvalue weighted by molar-refractivity contribution is -0.803. The number of nitrogen functional groups attached to an aromatic ring is 2. The summed E-state index contributed by atoms with van der Waals surface area (Å²) in [6.45, 7) is 0. The summed E-state index contributed by atoms with van der Waals surface area (Å²) in [4.78, 5) is 22.5. The van der Waals surface area contributed by atoms with Crippen LogP contribution in [0, 0.1) is 10.4 Å². The van der Waals surface area contributed by atoms with Gasteiger partial charge in [0.05, 0.1) is 10.3 Å². The summed E-state index contributed by atoms with van der Waals surface area (Å²) in [5, 5.41) is 28.0. The van der Waals surface area contributed by atoms with E-state index in [9.17, 15) is 20.0 Å². The highest BCUT2D eigenvalue weighted by atomic mass is 16.8. The lowest BCUT2D eigenvalue weighted by Gasteiger charge is -2.03. The fraction of sp³-hybridized carbons (Fsp3) is 0. The van der Waals surface area contributed by atoms with Crippen LogP contribution in [0.25, 0.3) is 0 Å². The number of rotatable bonds is 2. The van der Waals surface area contributed by atoms with Gasteiger partial charge in [-0.25, -0.2) is 0 Å². The number of hydrogen-bond acceptors (Lipinski definition) is 10. The van der Waals surface area contributed by atoms with Gasteiger partial charge in [0.15, 0.2) is 0 Å². The van der Waals surface area contributed by atoms with Crippen molar-refractivity contribution in [2.45, 2.75) is 0 Å². The number of carbonyl (C=O) groups is 2. The van der Waals surface area contributed by atoms with Crippen LogP contribution in [0.2, 0.25) is 0 Å². The smallest absolute Gasteiger partial charge is 0.320 e. The van der Waals surface area contributed by atoms with Gasteiger partial charge in [-0.2, -0.15) is 0 Å². The summed E-state index contributed by atoms with van der Waals surface area (Å²) >= 11 is 0. The number of hydrogen-bond donors (Lipinski definition) is 4. The molecule has 0 atom stereocenters. The number of nitrogens with one attached hydrogen (secondary N) is 2. The molecular weight excluding hydrogens is 280 g/mol. The van der Waals surface area contributed by atoms with E-state index < -0.39 is 34.8 Å². The fourth-order valence-electron chi connectivity index (χ4n) is 1.15. The summed E-state index contributed by atoms with van der Waals surface area (Å²) in [7, 11) is 0. The molecule has 14 heteroatoms. The van der Waals surface area contributed by atoms with Gasteiger partial charge in [-0.1, -0.05) is 0 Å². The van der Waals surface area contributed by atoms with Gasteiger partial charge >= 0.3 is 34.8 Å². The molecule has 106 valence electrons. The Balaban J connectivity index is 2.06. The predicted molar refractivity (Wildman–Crippen MR) is 54.7 cm³/mol. The van der Waals surface area contributed by atoms with Gasteiger partial charge in [0.25, 0.3) is 0 Å². The summed E-state index contributed by atoms with van der Waals surface area (Å²) in [5.74, 6) is -3.23. The van der Waals surface area contributed by atoms with Crippen LogP contribution in [0.4, 0.5) is 11.6 Å². The van der Waals surface area contributed by atoms with E-state index in [1.54, 1.807) is 10.9 Å². The minimum atomic E-state index is -1.13. The molecule has 2 aromatic heterocycles. The number of carbonyl (C=O) groups excluding carboxylic acids is 2. The second-order valence-corrected chi connectivity index (χ2v) is 3.24. The Kier molecular flexibility index (Phi) is 2.96. The highest BCUT2D eigenvalue weighted by molar-refractivity contribution is 5.99. The van der Waals surface area contributed by atoms with Crippen LogP contribution in [0.15, 0.2) is 9.26 Å². The van der Waals surface area contributed by atoms with E-state index in [1.807, 2.05) is 0 Å². The van der Waals surface area contributed by atoms with Gasteiger partial charge in [-0.05, 0) is 9.81 Å². The summed E-state index contributed by atoms with van der Waals surface area (Å²) in [5.41, 5.74) is 12.6. The summed E-state index contributed by atoms with van der Waals surface area (Å²) < 4.78 is 8.09. The third-order valence-electron chi connectivity index (χ3n) is 2.00. The second-order valence-electron chi connectivity index (χ2n) is 3.24. The topological polar surface area (TPSA) is 216 Å². The SMILES string of the molecule is Nc1no[n+]([O-])c1C(=O)NNC(=O)c1c(N)no[n+]1[O-]. The number of nitrogens with zero attached hydrogens (tertiary/aromatic N) is 4. The van der Waals surface area contributed by atoms with Crippen molar-refractivity contribution in [2.75, 3.05) is 11.5 Å². The molecule has 0 aliphatic rings. The quantitative estimate of drug-likeness (QED) is 0.311. The first kappa shape index (κ1) is 12.9. The lowest BCUT2D eigenvalue weighted by atomic mass is 10.4. The van der Waals surface area contributed by atoms with Crippen molar-refractivity contribution in [3.63, 3.8) is 0 Å². The van der Waals surface area contributed by atoms with Gasteiger partial charge in [0.2, 0.25) is 0 Å². The van der Waals surface area contributed by atoms with Crippen molar-refractivity contribution < 1.29 is 28.7 Å². The number of hydrazine groups is 1. The third-order valence-corrected chi connectivity index (χ3v) is 2.00. The molecule has 0 spiro atoms. The normalized spacial score (nSPS) is 10.2. The first-order valence-electron chi connectivity index (χ1n) is 4.73. The largest absolute Gasteiger partial charge is 0.359 e. The van der Waals surface area contributed by atoms with Crippen molar-refractivity contribution in [3.05, 3.63) is 21.8 Å². The number of nitrogens with two attached hydrogens (primary N) is 2. The molecule has 0 saturated carbocycles. The molecule has 14 nitrogen and oxygen atoms in total. The molecule has 0 unspecified atom stereocenters. The van der Waals surface area contributed by atoms with Crippen LogP contribution < -0.4 is 32.1 Å². The lowest BCUT2D eigenvalue weighted by Crippen LogP contribution is -2.48. The van der Waals surface area contributed by atoms with E-state index in [4.69, 9.17) is 11.5 Å². The predicted octanol–water partition coefficient (Wildman–Crippen LogP) is -3.83. The van der Waals surface area contributed by atoms with Crippen molar-refractivity contribution in [3.8, 4) is 0 Å². The summed E-state index contributed by atoms with van der Waals surface area (Å²) in [6, 6.07) is 0. The van der Waals surface area contributed by atoms with E-state index in [0.717, 1.165) is 0 Å². The van der Waals surface area contributed by atoms with E-state index in [2.05, 4.69) is 19.6 Å². The molecule has 0 fully saturated rings. The van der Waals surface area contributed by atoms with Crippen LogP contribution in [0.3, 0.4) is 0 Å². The van der Waals surface area contributed by atoms with Gasteiger partial charge in [0.1, 0.15) is 0 Å². The first-order chi connectivity index (χ1) is 9.41. The Hall–Kier alpha value is -3.58. The first-order valence-corrected chi connectivity index (χ1v) is 4.73. The minimum absolute atomic E-state index is 0.266. The molecule has 6 N–H and O–H groups in total. The molecule has 20 heavy (non-hydrogen) atoms. The Bertz CT molecular complexity index is 578. The molecule has 2 heterocycles. The number of amides is 2. The molecule has 0 bridgehead atoms. The van der Waals surface area contributed by atoms with E-state index in [-0.39, 0.29) is 9.81 Å². The molecule has 2 amide bonds. The maximum atomic E-state index is 11.5. The number of anilines is 2. The van der Waals surface area contributed by atoms with Crippen molar-refractivity contribution in [1.82, 2.24) is 21.2 Å². The van der Waals surface area contributed by atoms with Crippen LogP contribution in [0.1, 0.15) is 21.0 Å². The minimum Gasteiger partial charge on any atom is -0.359 e. The van der Waals surface area contributed by atoms with Crippen LogP contribution in [-0.4, -0.2) is 22.1 Å². The molecule has 0 aliphatic carbocycles. The Morgan fingerprint density at radius 2 is 1.30 bits per heavy atom. The standard InChI is InChI=1S/C6H6N8O6/c7-3-1(13(17)19-11-3)5(15)9-10-6(16)2-4(8)12-20-14(2)18/h(H2,7,11)(H2,8,12)(H,9,15)(H,10,16). The van der Waals surface area contributed by atoms with Crippen molar-refractivity contribution in [1.29, 1.82) is 0 Å². The van der Waals surface area contributed by atoms with Gasteiger partial charge in [0, 0.05) is 0 Å². The second kappa shape index (κ2) is 4.59. The van der Waals surface area contributed by atoms with E-state index in [0.29, 0.717) is 0 Å². The molecule has 0 aliphatic heterocycles. The highest BCUT2D eigenvalue weighted by Crippen LogP contribution is 2.02. The molecule has 0 saturated heterocycles. The Morgan fingerprint density at radius 1 is 0.950 bits per heavy atom.